The third-order valence-corrected chi connectivity index (χ3v) is 7.23. The van der Waals surface area contributed by atoms with Gasteiger partial charge in [-0.1, -0.05) is 59.9 Å². The fourth-order valence-electron chi connectivity index (χ4n) is 4.25. The number of ether oxygens (including phenoxy) is 2. The number of methoxy groups -OCH3 is 1. The maximum atomic E-state index is 13.7. The molecule has 2 aromatic carbocycles. The maximum Gasteiger partial charge on any atom is 0.338 e. The van der Waals surface area contributed by atoms with E-state index in [9.17, 15) is 9.59 Å². The van der Waals surface area contributed by atoms with Crippen molar-refractivity contribution in [3.8, 4) is 17.1 Å². The van der Waals surface area contributed by atoms with Crippen molar-refractivity contribution < 1.29 is 18.7 Å². The van der Waals surface area contributed by atoms with E-state index < -0.39 is 12.0 Å². The van der Waals surface area contributed by atoms with E-state index in [2.05, 4.69) is 11.6 Å². The predicted octanol–water partition coefficient (Wildman–Crippen LogP) is 4.89. The molecule has 0 spiro atoms. The minimum absolute atomic E-state index is 0.0445. The lowest BCUT2D eigenvalue weighted by Crippen LogP contribution is -2.39. The van der Waals surface area contributed by atoms with Gasteiger partial charge in [-0.2, -0.15) is 0 Å². The van der Waals surface area contributed by atoms with Gasteiger partial charge in [-0.05, 0) is 48.9 Å². The number of halogens is 1. The van der Waals surface area contributed by atoms with Crippen molar-refractivity contribution in [1.82, 2.24) is 4.57 Å². The van der Waals surface area contributed by atoms with Crippen LogP contribution in [0.5, 0.6) is 5.75 Å². The Morgan fingerprint density at radius 2 is 2.00 bits per heavy atom. The number of rotatable bonds is 7. The average molecular weight is 547 g/mol. The Bertz CT molecular complexity index is 1740. The van der Waals surface area contributed by atoms with E-state index in [4.69, 9.17) is 25.5 Å². The van der Waals surface area contributed by atoms with Crippen LogP contribution >= 0.6 is 22.9 Å². The van der Waals surface area contributed by atoms with Gasteiger partial charge in [0, 0.05) is 16.7 Å². The Morgan fingerprint density at radius 3 is 2.71 bits per heavy atom. The molecule has 0 amide bonds. The summed E-state index contributed by atoms with van der Waals surface area (Å²) in [7, 11) is 1.58. The quantitative estimate of drug-likeness (QED) is 0.243. The second kappa shape index (κ2) is 10.7. The topological polar surface area (TPSA) is 83.0 Å². The number of carbonyl (C=O) groups is 1. The van der Waals surface area contributed by atoms with Crippen LogP contribution in [-0.2, 0) is 9.53 Å². The van der Waals surface area contributed by atoms with Crippen LogP contribution in [0.3, 0.4) is 0 Å². The lowest BCUT2D eigenvalue weighted by Gasteiger charge is -2.24. The lowest BCUT2D eigenvalue weighted by atomic mass is 9.96. The van der Waals surface area contributed by atoms with Gasteiger partial charge in [0.2, 0.25) is 0 Å². The number of esters is 1. The first-order valence-corrected chi connectivity index (χ1v) is 12.9. The first-order chi connectivity index (χ1) is 18.4. The van der Waals surface area contributed by atoms with E-state index in [1.54, 1.807) is 44.4 Å². The molecule has 0 N–H and O–H groups in total. The van der Waals surface area contributed by atoms with Crippen LogP contribution in [0.2, 0.25) is 5.02 Å². The van der Waals surface area contributed by atoms with Gasteiger partial charge in [-0.15, -0.1) is 0 Å². The Morgan fingerprint density at radius 1 is 1.21 bits per heavy atom. The molecule has 5 rings (SSSR count). The van der Waals surface area contributed by atoms with Crippen LogP contribution in [0, 0.1) is 0 Å². The summed E-state index contributed by atoms with van der Waals surface area (Å²) in [5.74, 6) is 1.24. The highest BCUT2D eigenvalue weighted by molar-refractivity contribution is 7.07. The number of benzene rings is 2. The van der Waals surface area contributed by atoms with E-state index in [1.807, 2.05) is 36.4 Å². The van der Waals surface area contributed by atoms with Crippen LogP contribution in [0.25, 0.3) is 17.4 Å². The number of thiazole rings is 1. The van der Waals surface area contributed by atoms with E-state index in [1.165, 1.54) is 22.0 Å². The molecule has 3 heterocycles. The molecule has 1 atom stereocenters. The van der Waals surface area contributed by atoms with Crippen LogP contribution in [0.4, 0.5) is 0 Å². The molecule has 192 valence electrons. The number of hydrogen-bond donors (Lipinski definition) is 0. The summed E-state index contributed by atoms with van der Waals surface area (Å²) in [5, 5.41) is 0.602. The predicted molar refractivity (Wildman–Crippen MR) is 147 cm³/mol. The summed E-state index contributed by atoms with van der Waals surface area (Å²) in [6.45, 7) is 5.39. The first kappa shape index (κ1) is 25.5. The number of nitrogens with zero attached hydrogens (tertiary/aromatic N) is 2. The van der Waals surface area contributed by atoms with Crippen molar-refractivity contribution in [2.45, 2.75) is 13.0 Å². The molecule has 1 aliphatic rings. The number of allylic oxidation sites excluding steroid dienone is 1. The fraction of sp³-hybridized carbons (Fsp3) is 0.138. The molecule has 2 aromatic heterocycles. The number of aromatic nitrogens is 1. The second-order valence-electron chi connectivity index (χ2n) is 8.45. The van der Waals surface area contributed by atoms with Crippen molar-refractivity contribution in [2.75, 3.05) is 13.7 Å². The Labute approximate surface area is 227 Å². The van der Waals surface area contributed by atoms with Crippen LogP contribution in [0.1, 0.15) is 24.3 Å². The van der Waals surface area contributed by atoms with Gasteiger partial charge in [0.1, 0.15) is 23.9 Å². The summed E-state index contributed by atoms with van der Waals surface area (Å²) < 4.78 is 18.6. The van der Waals surface area contributed by atoms with Crippen molar-refractivity contribution in [3.05, 3.63) is 121 Å². The van der Waals surface area contributed by atoms with Gasteiger partial charge in [0.25, 0.3) is 5.56 Å². The van der Waals surface area contributed by atoms with E-state index in [-0.39, 0.29) is 17.7 Å². The molecule has 0 unspecified atom stereocenters. The lowest BCUT2D eigenvalue weighted by molar-refractivity contribution is -0.138. The SMILES string of the molecule is C=CCOC(=O)C1=C(C)N=c2s/c(=C\c3ccc(-c4cccc(Cl)c4)o3)c(=O)n2[C@H]1c1ccc(OC)cc1. The molecule has 9 heteroatoms. The monoisotopic (exact) mass is 546 g/mol. The van der Waals surface area contributed by atoms with Gasteiger partial charge >= 0.3 is 5.97 Å². The standard InChI is InChI=1S/C29H23ClN2O5S/c1-4-14-36-28(34)25-17(2)31-29-32(26(25)18-8-10-21(35-3)11-9-18)27(33)24(38-29)16-22-12-13-23(37-22)19-6-5-7-20(30)15-19/h4-13,15-16,26H,1,14H2,2-3H3/b24-16-/t26-/m0/s1. The Hall–Kier alpha value is -4.14. The van der Waals surface area contributed by atoms with Crippen LogP contribution in [0.15, 0.2) is 98.8 Å². The molecule has 7 nitrogen and oxygen atoms in total. The molecule has 0 aliphatic carbocycles. The molecule has 4 aromatic rings. The minimum Gasteiger partial charge on any atom is -0.497 e. The van der Waals surface area contributed by atoms with Gasteiger partial charge in [0.05, 0.1) is 29.0 Å². The molecule has 38 heavy (non-hydrogen) atoms. The second-order valence-corrected chi connectivity index (χ2v) is 9.90. The van der Waals surface area contributed by atoms with Crippen LogP contribution in [-0.4, -0.2) is 24.3 Å². The molecule has 0 saturated carbocycles. The molecule has 0 fully saturated rings. The van der Waals surface area contributed by atoms with Gasteiger partial charge in [-0.3, -0.25) is 9.36 Å². The van der Waals surface area contributed by atoms with E-state index in [0.29, 0.717) is 37.3 Å². The normalized spacial score (nSPS) is 15.1. The highest BCUT2D eigenvalue weighted by atomic mass is 35.5. The van der Waals surface area contributed by atoms with Crippen molar-refractivity contribution in [1.29, 1.82) is 0 Å². The Kier molecular flexibility index (Phi) is 7.18. The van der Waals surface area contributed by atoms with E-state index >= 15 is 0 Å². The summed E-state index contributed by atoms with van der Waals surface area (Å²) in [6, 6.07) is 17.4. The third-order valence-electron chi connectivity index (χ3n) is 6.01. The molecule has 0 radical (unpaired) electrons. The summed E-state index contributed by atoms with van der Waals surface area (Å²) >= 11 is 7.34. The summed E-state index contributed by atoms with van der Waals surface area (Å²) in [5.41, 5.74) is 2.03. The smallest absolute Gasteiger partial charge is 0.338 e. The van der Waals surface area contributed by atoms with Crippen LogP contribution < -0.4 is 19.6 Å². The Balaban J connectivity index is 1.62. The van der Waals surface area contributed by atoms with Crippen molar-refractivity contribution in [2.24, 2.45) is 4.99 Å². The number of furan rings is 1. The van der Waals surface area contributed by atoms with Gasteiger partial charge < -0.3 is 13.9 Å². The van der Waals surface area contributed by atoms with Gasteiger partial charge in [0.15, 0.2) is 4.80 Å². The molecular weight excluding hydrogens is 524 g/mol. The van der Waals surface area contributed by atoms with Gasteiger partial charge in [-0.25, -0.2) is 9.79 Å². The van der Waals surface area contributed by atoms with Crippen molar-refractivity contribution >= 4 is 35.0 Å². The molecular formula is C29H23ClN2O5S. The summed E-state index contributed by atoms with van der Waals surface area (Å²) in [6.07, 6.45) is 3.17. The fourth-order valence-corrected chi connectivity index (χ4v) is 5.47. The number of carbonyl (C=O) groups excluding carboxylic acids is 1. The average Bonchev–Trinajstić information content (AvgIpc) is 3.51. The highest BCUT2D eigenvalue weighted by Gasteiger charge is 2.33. The zero-order valence-corrected chi connectivity index (χ0v) is 22.2. The molecule has 1 aliphatic heterocycles. The molecule has 0 saturated heterocycles. The minimum atomic E-state index is -0.727. The zero-order valence-electron chi connectivity index (χ0n) is 20.6. The largest absolute Gasteiger partial charge is 0.497 e. The zero-order chi connectivity index (χ0) is 26.8. The highest BCUT2D eigenvalue weighted by Crippen LogP contribution is 2.32. The summed E-state index contributed by atoms with van der Waals surface area (Å²) in [4.78, 5) is 31.9. The molecule has 0 bridgehead atoms. The van der Waals surface area contributed by atoms with E-state index in [0.717, 1.165) is 11.1 Å². The maximum absolute atomic E-state index is 13.7. The number of hydrogen-bond acceptors (Lipinski definition) is 7. The van der Waals surface area contributed by atoms with Crippen molar-refractivity contribution in [3.63, 3.8) is 0 Å². The number of fused-ring (bicyclic) bond motifs is 1. The third kappa shape index (κ3) is 4.88. The first-order valence-electron chi connectivity index (χ1n) is 11.7.